The molecule has 2 saturated carbocycles. The summed E-state index contributed by atoms with van der Waals surface area (Å²) in [5.41, 5.74) is 3.49. The highest BCUT2D eigenvalue weighted by Crippen LogP contribution is 2.38. The fourth-order valence-electron chi connectivity index (χ4n) is 4.40. The Labute approximate surface area is 230 Å². The van der Waals surface area contributed by atoms with E-state index in [0.29, 0.717) is 16.1 Å². The van der Waals surface area contributed by atoms with Gasteiger partial charge in [-0.15, -0.1) is 0 Å². The van der Waals surface area contributed by atoms with Crippen LogP contribution in [-0.4, -0.2) is 34.8 Å². The molecule has 0 bridgehead atoms. The number of hydrogen-bond acceptors (Lipinski definition) is 5. The third kappa shape index (κ3) is 5.16. The maximum Gasteiger partial charge on any atom is 0.245 e. The van der Waals surface area contributed by atoms with Crippen LogP contribution in [0.3, 0.4) is 0 Å². The molecule has 0 unspecified atom stereocenters. The molecule has 1 heterocycles. The molecule has 2 aliphatic carbocycles. The van der Waals surface area contributed by atoms with Crippen LogP contribution in [0, 0.1) is 0 Å². The van der Waals surface area contributed by atoms with Gasteiger partial charge in [0, 0.05) is 34.1 Å². The molecule has 1 N–H and O–H groups in total. The number of aromatic nitrogens is 2. The molecule has 0 atom stereocenters. The molecule has 0 amide bonds. The minimum absolute atomic E-state index is 0.0444. The fraction of sp³-hybridized carbons (Fsp3) is 0.259. The highest BCUT2D eigenvalue weighted by atomic mass is 35.5. The highest BCUT2D eigenvalue weighted by molar-refractivity contribution is 7.89. The van der Waals surface area contributed by atoms with E-state index in [1.807, 2.05) is 30.3 Å². The normalized spacial score (nSPS) is 15.9. The predicted molar refractivity (Wildman–Crippen MR) is 149 cm³/mol. The van der Waals surface area contributed by atoms with Crippen LogP contribution >= 0.6 is 34.8 Å². The van der Waals surface area contributed by atoms with E-state index in [9.17, 15) is 8.42 Å². The summed E-state index contributed by atoms with van der Waals surface area (Å²) in [6.07, 6.45) is 5.46. The first-order valence-corrected chi connectivity index (χ1v) is 14.6. The fourth-order valence-corrected chi connectivity index (χ4v) is 6.99. The van der Waals surface area contributed by atoms with Crippen LogP contribution in [0.1, 0.15) is 31.2 Å². The largest absolute Gasteiger partial charge is 0.367 e. The Morgan fingerprint density at radius 3 is 2.35 bits per heavy atom. The van der Waals surface area contributed by atoms with Crippen molar-refractivity contribution in [2.75, 3.05) is 5.32 Å². The lowest BCUT2D eigenvalue weighted by Gasteiger charge is -2.23. The Morgan fingerprint density at radius 1 is 0.865 bits per heavy atom. The van der Waals surface area contributed by atoms with Gasteiger partial charge in [0.25, 0.3) is 0 Å². The van der Waals surface area contributed by atoms with Gasteiger partial charge in [-0.05, 0) is 84.8 Å². The zero-order valence-electron chi connectivity index (χ0n) is 19.7. The third-order valence-electron chi connectivity index (χ3n) is 6.69. The quantitative estimate of drug-likeness (QED) is 0.242. The zero-order chi connectivity index (χ0) is 25.7. The molecule has 1 aromatic heterocycles. The molecular formula is C27H23Cl3N4O2S. The summed E-state index contributed by atoms with van der Waals surface area (Å²) in [6, 6.07) is 16.6. The van der Waals surface area contributed by atoms with Crippen LogP contribution in [0.15, 0.2) is 65.8 Å². The van der Waals surface area contributed by atoms with Crippen molar-refractivity contribution in [3.63, 3.8) is 0 Å². The minimum atomic E-state index is -3.86. The van der Waals surface area contributed by atoms with Gasteiger partial charge in [0.05, 0.1) is 10.5 Å². The maximum atomic E-state index is 13.6. The number of halogens is 3. The van der Waals surface area contributed by atoms with Gasteiger partial charge in [0.1, 0.15) is 17.0 Å². The van der Waals surface area contributed by atoms with Gasteiger partial charge >= 0.3 is 0 Å². The van der Waals surface area contributed by atoms with Crippen molar-refractivity contribution < 1.29 is 8.42 Å². The van der Waals surface area contributed by atoms with Crippen LogP contribution in [0.2, 0.25) is 15.1 Å². The molecule has 10 heteroatoms. The van der Waals surface area contributed by atoms with E-state index < -0.39 is 10.0 Å². The van der Waals surface area contributed by atoms with Crippen LogP contribution in [0.4, 0.5) is 5.82 Å². The number of fused-ring (bicyclic) bond motifs is 1. The van der Waals surface area contributed by atoms with E-state index in [1.54, 1.807) is 6.33 Å². The lowest BCUT2D eigenvalue weighted by molar-refractivity contribution is 0.399. The second-order valence-corrected chi connectivity index (χ2v) is 12.6. The number of benzene rings is 3. The monoisotopic (exact) mass is 572 g/mol. The van der Waals surface area contributed by atoms with E-state index in [-0.39, 0.29) is 22.5 Å². The molecule has 0 saturated heterocycles. The molecule has 6 rings (SSSR count). The second-order valence-electron chi connectivity index (χ2n) is 9.54. The molecule has 0 aliphatic heterocycles. The van der Waals surface area contributed by atoms with Crippen molar-refractivity contribution in [2.45, 2.75) is 49.2 Å². The van der Waals surface area contributed by atoms with Crippen LogP contribution in [0.25, 0.3) is 22.0 Å². The van der Waals surface area contributed by atoms with E-state index in [0.717, 1.165) is 59.1 Å². The van der Waals surface area contributed by atoms with Gasteiger partial charge in [-0.3, -0.25) is 0 Å². The minimum Gasteiger partial charge on any atom is -0.367 e. The molecule has 2 aliphatic rings. The number of sulfonamides is 1. The Hall–Kier alpha value is -2.42. The maximum absolute atomic E-state index is 13.6. The van der Waals surface area contributed by atoms with Crippen molar-refractivity contribution in [2.24, 2.45) is 0 Å². The number of hydrogen-bond donors (Lipinski definition) is 1. The van der Waals surface area contributed by atoms with Crippen LogP contribution in [-0.2, 0) is 16.6 Å². The number of nitrogens with zero attached hydrogens (tertiary/aromatic N) is 3. The SMILES string of the molecule is O=S(=O)(c1ccc(Cl)cc1Cl)N(Cc1cc(-c2ccc3ncnc(NC4CC4)c3c2)ccc1Cl)C1CC1. The average Bonchev–Trinajstić information content (AvgIpc) is 3.79. The van der Waals surface area contributed by atoms with Gasteiger partial charge in [-0.1, -0.05) is 46.9 Å². The lowest BCUT2D eigenvalue weighted by atomic mass is 10.0. The summed E-state index contributed by atoms with van der Waals surface area (Å²) in [5.74, 6) is 0.828. The van der Waals surface area contributed by atoms with Gasteiger partial charge in [-0.2, -0.15) is 4.31 Å². The summed E-state index contributed by atoms with van der Waals surface area (Å²) >= 11 is 18.9. The summed E-state index contributed by atoms with van der Waals surface area (Å²) < 4.78 is 28.8. The molecule has 0 spiro atoms. The summed E-state index contributed by atoms with van der Waals surface area (Å²) in [6.45, 7) is 0.143. The molecule has 3 aromatic carbocycles. The molecule has 6 nitrogen and oxygen atoms in total. The lowest BCUT2D eigenvalue weighted by Crippen LogP contribution is -2.33. The van der Waals surface area contributed by atoms with E-state index >= 15 is 0 Å². The first-order valence-electron chi connectivity index (χ1n) is 12.1. The van der Waals surface area contributed by atoms with Gasteiger partial charge in [-0.25, -0.2) is 18.4 Å². The summed E-state index contributed by atoms with van der Waals surface area (Å²) in [7, 11) is -3.86. The van der Waals surface area contributed by atoms with Crippen LogP contribution in [0.5, 0.6) is 0 Å². The molecule has 190 valence electrons. The predicted octanol–water partition coefficient (Wildman–Crippen LogP) is 7.18. The Bertz CT molecular complexity index is 1620. The van der Waals surface area contributed by atoms with Gasteiger partial charge in [0.2, 0.25) is 10.0 Å². The molecule has 37 heavy (non-hydrogen) atoms. The molecule has 4 aromatic rings. The average molecular weight is 574 g/mol. The number of nitrogens with one attached hydrogen (secondary N) is 1. The van der Waals surface area contributed by atoms with E-state index in [1.165, 1.54) is 22.5 Å². The van der Waals surface area contributed by atoms with E-state index in [2.05, 4.69) is 21.4 Å². The zero-order valence-corrected chi connectivity index (χ0v) is 22.7. The summed E-state index contributed by atoms with van der Waals surface area (Å²) in [4.78, 5) is 8.90. The van der Waals surface area contributed by atoms with Crippen molar-refractivity contribution in [3.8, 4) is 11.1 Å². The number of anilines is 1. The first-order chi connectivity index (χ1) is 17.8. The summed E-state index contributed by atoms with van der Waals surface area (Å²) in [5, 5.41) is 5.42. The Balaban J connectivity index is 1.35. The van der Waals surface area contributed by atoms with Crippen molar-refractivity contribution in [1.82, 2.24) is 14.3 Å². The Kier molecular flexibility index (Phi) is 6.53. The van der Waals surface area contributed by atoms with Gasteiger partial charge in [0.15, 0.2) is 0 Å². The second kappa shape index (κ2) is 9.71. The van der Waals surface area contributed by atoms with Crippen LogP contribution < -0.4 is 5.32 Å². The topological polar surface area (TPSA) is 75.2 Å². The highest BCUT2D eigenvalue weighted by Gasteiger charge is 2.39. The van der Waals surface area contributed by atoms with Crippen molar-refractivity contribution in [3.05, 3.63) is 81.6 Å². The van der Waals surface area contributed by atoms with Crippen molar-refractivity contribution in [1.29, 1.82) is 0 Å². The Morgan fingerprint density at radius 2 is 1.62 bits per heavy atom. The molecular weight excluding hydrogens is 551 g/mol. The molecule has 0 radical (unpaired) electrons. The standard InChI is InChI=1S/C27H23Cl3N4O2S/c28-19-3-10-26(24(30)13-19)37(35,36)34(21-6-7-21)14-18-11-16(1-8-23(18)29)17-2-9-25-22(12-17)27(32-15-31-25)33-20-4-5-20/h1-3,8-13,15,20-21H,4-7,14H2,(H,31,32,33). The molecule has 2 fully saturated rings. The first kappa shape index (κ1) is 24.9. The third-order valence-corrected chi connectivity index (χ3v) is 9.68. The van der Waals surface area contributed by atoms with Gasteiger partial charge < -0.3 is 5.32 Å². The number of rotatable bonds is 8. The van der Waals surface area contributed by atoms with E-state index in [4.69, 9.17) is 34.8 Å². The van der Waals surface area contributed by atoms with Crippen molar-refractivity contribution >= 4 is 61.5 Å². The smallest absolute Gasteiger partial charge is 0.245 e.